The number of benzene rings is 1. The molecule has 0 unspecified atom stereocenters. The van der Waals surface area contributed by atoms with Crippen LogP contribution in [0.4, 0.5) is 14.5 Å². The topological polar surface area (TPSA) is 57.8 Å². The molecule has 2 aliphatic rings. The fourth-order valence-electron chi connectivity index (χ4n) is 4.35. The summed E-state index contributed by atoms with van der Waals surface area (Å²) in [6.07, 6.45) is 11.5. The van der Waals surface area contributed by atoms with Gasteiger partial charge in [-0.05, 0) is 31.7 Å². The van der Waals surface area contributed by atoms with Gasteiger partial charge < -0.3 is 10.3 Å². The van der Waals surface area contributed by atoms with E-state index in [2.05, 4.69) is 15.3 Å². The van der Waals surface area contributed by atoms with Gasteiger partial charge in [-0.15, -0.1) is 0 Å². The van der Waals surface area contributed by atoms with Crippen LogP contribution in [0.15, 0.2) is 10.9 Å². The molecule has 1 aromatic heterocycles. The number of thioether (sulfide) groups is 1. The van der Waals surface area contributed by atoms with Crippen LogP contribution >= 0.6 is 11.8 Å². The van der Waals surface area contributed by atoms with Crippen molar-refractivity contribution in [3.8, 4) is 0 Å². The highest BCUT2D eigenvalue weighted by atomic mass is 32.2. The Kier molecular flexibility index (Phi) is 6.19. The lowest BCUT2D eigenvalue weighted by atomic mass is 9.95. The van der Waals surface area contributed by atoms with Crippen molar-refractivity contribution in [1.82, 2.24) is 9.97 Å². The van der Waals surface area contributed by atoms with Crippen molar-refractivity contribution < 1.29 is 8.78 Å². The Bertz CT molecular complexity index is 889. The third-order valence-electron chi connectivity index (χ3n) is 5.90. The third kappa shape index (κ3) is 4.34. The van der Waals surface area contributed by atoms with Gasteiger partial charge in [-0.1, -0.05) is 38.5 Å². The Morgan fingerprint density at radius 2 is 1.71 bits per heavy atom. The van der Waals surface area contributed by atoms with E-state index >= 15 is 0 Å². The summed E-state index contributed by atoms with van der Waals surface area (Å²) < 4.78 is 29.1. The Morgan fingerprint density at radius 3 is 2.43 bits per heavy atom. The largest absolute Gasteiger partial charge is 0.380 e. The van der Waals surface area contributed by atoms with Gasteiger partial charge in [0.1, 0.15) is 11.2 Å². The zero-order chi connectivity index (χ0) is 19.5. The molecule has 0 atom stereocenters. The van der Waals surface area contributed by atoms with Gasteiger partial charge in [0.05, 0.1) is 17.0 Å². The smallest absolute Gasteiger partial charge is 0.261 e. The molecule has 7 heteroatoms. The Morgan fingerprint density at radius 1 is 1.04 bits per heavy atom. The van der Waals surface area contributed by atoms with Gasteiger partial charge >= 0.3 is 0 Å². The van der Waals surface area contributed by atoms with Crippen LogP contribution in [-0.2, 0) is 5.75 Å². The minimum atomic E-state index is -1.11. The van der Waals surface area contributed by atoms with Crippen LogP contribution in [0.1, 0.15) is 70.0 Å². The summed E-state index contributed by atoms with van der Waals surface area (Å²) in [6, 6.07) is 1.63. The highest BCUT2D eigenvalue weighted by Gasteiger charge is 2.21. The molecular weight excluding hydrogens is 380 g/mol. The van der Waals surface area contributed by atoms with Gasteiger partial charge in [-0.2, -0.15) is 11.8 Å². The molecule has 1 heterocycles. The molecule has 4 rings (SSSR count). The van der Waals surface area contributed by atoms with Gasteiger partial charge in [0, 0.05) is 11.3 Å². The summed E-state index contributed by atoms with van der Waals surface area (Å²) in [5, 5.41) is 3.43. The zero-order valence-corrected chi connectivity index (χ0v) is 16.8. The van der Waals surface area contributed by atoms with E-state index in [1.54, 1.807) is 11.8 Å². The van der Waals surface area contributed by atoms with Gasteiger partial charge in [0.2, 0.25) is 0 Å². The maximum absolute atomic E-state index is 14.6. The minimum Gasteiger partial charge on any atom is -0.380 e. The molecule has 2 aliphatic carbocycles. The van der Waals surface area contributed by atoms with Crippen molar-refractivity contribution >= 4 is 28.4 Å². The molecule has 2 N–H and O–H groups in total. The normalized spacial score (nSPS) is 19.2. The molecule has 0 amide bonds. The van der Waals surface area contributed by atoms with E-state index in [1.807, 2.05) is 0 Å². The van der Waals surface area contributed by atoms with Gasteiger partial charge in [0.25, 0.3) is 5.56 Å². The molecule has 0 saturated heterocycles. The first-order valence-electron chi connectivity index (χ1n) is 10.4. The first-order chi connectivity index (χ1) is 13.6. The Hall–Kier alpha value is -1.63. The summed E-state index contributed by atoms with van der Waals surface area (Å²) in [7, 11) is 0. The number of halogens is 2. The Balaban J connectivity index is 1.59. The quantitative estimate of drug-likeness (QED) is 0.686. The number of nitrogens with zero attached hydrogens (tertiary/aromatic N) is 1. The van der Waals surface area contributed by atoms with Crippen molar-refractivity contribution in [2.75, 3.05) is 5.32 Å². The molecule has 0 bridgehead atoms. The Labute approximate surface area is 167 Å². The lowest BCUT2D eigenvalue weighted by Gasteiger charge is -2.24. The second-order valence-electron chi connectivity index (χ2n) is 8.01. The summed E-state index contributed by atoms with van der Waals surface area (Å²) >= 11 is 1.79. The number of aromatic nitrogens is 2. The lowest BCUT2D eigenvalue weighted by Crippen LogP contribution is -2.23. The summed E-state index contributed by atoms with van der Waals surface area (Å²) in [5.41, 5.74) is -0.272. The van der Waals surface area contributed by atoms with E-state index in [1.165, 1.54) is 44.6 Å². The van der Waals surface area contributed by atoms with Crippen LogP contribution in [0.2, 0.25) is 0 Å². The van der Waals surface area contributed by atoms with Crippen LogP contribution in [0.25, 0.3) is 10.9 Å². The van der Waals surface area contributed by atoms with E-state index in [4.69, 9.17) is 0 Å². The second kappa shape index (κ2) is 8.80. The van der Waals surface area contributed by atoms with Crippen LogP contribution in [0, 0.1) is 11.6 Å². The average molecular weight is 408 g/mol. The highest BCUT2D eigenvalue weighted by molar-refractivity contribution is 7.99. The van der Waals surface area contributed by atoms with E-state index < -0.39 is 17.2 Å². The molecule has 2 aromatic rings. The lowest BCUT2D eigenvalue weighted by molar-refractivity contribution is 0.458. The molecule has 0 aliphatic heterocycles. The van der Waals surface area contributed by atoms with Gasteiger partial charge in [-0.3, -0.25) is 4.79 Å². The third-order valence-corrected chi connectivity index (χ3v) is 7.28. The van der Waals surface area contributed by atoms with E-state index in [0.717, 1.165) is 25.7 Å². The molecule has 1 aromatic carbocycles. The predicted molar refractivity (Wildman–Crippen MR) is 111 cm³/mol. The highest BCUT2D eigenvalue weighted by Crippen LogP contribution is 2.31. The number of hydrogen-bond donors (Lipinski definition) is 2. The van der Waals surface area contributed by atoms with Crippen molar-refractivity contribution in [1.29, 1.82) is 0 Å². The number of rotatable bonds is 5. The van der Waals surface area contributed by atoms with E-state index in [-0.39, 0.29) is 22.6 Å². The van der Waals surface area contributed by atoms with Crippen molar-refractivity contribution in [2.24, 2.45) is 0 Å². The number of aromatic amines is 1. The average Bonchev–Trinajstić information content (AvgIpc) is 2.71. The molecule has 152 valence electrons. The summed E-state index contributed by atoms with van der Waals surface area (Å²) in [5.74, 6) is -0.992. The van der Waals surface area contributed by atoms with Crippen LogP contribution in [0.5, 0.6) is 0 Å². The maximum atomic E-state index is 14.6. The molecule has 4 nitrogen and oxygen atoms in total. The molecule has 2 fully saturated rings. The first-order valence-corrected chi connectivity index (χ1v) is 11.5. The molecule has 0 spiro atoms. The summed E-state index contributed by atoms with van der Waals surface area (Å²) in [4.78, 5) is 19.5. The molecule has 0 radical (unpaired) electrons. The van der Waals surface area contributed by atoms with E-state index in [9.17, 15) is 13.6 Å². The summed E-state index contributed by atoms with van der Waals surface area (Å²) in [6.45, 7) is 0. The van der Waals surface area contributed by atoms with Gasteiger partial charge in [0.15, 0.2) is 11.6 Å². The number of hydrogen-bond acceptors (Lipinski definition) is 4. The van der Waals surface area contributed by atoms with Crippen molar-refractivity contribution in [3.63, 3.8) is 0 Å². The molecular formula is C21H27F2N3OS. The second-order valence-corrected chi connectivity index (χ2v) is 9.30. The van der Waals surface area contributed by atoms with Crippen molar-refractivity contribution in [2.45, 2.75) is 81.3 Å². The minimum absolute atomic E-state index is 0.112. The standard InChI is InChI=1S/C21H27F2N3OS/c22-19-16(24-13-7-3-1-4-8-13)11-15-18(20(19)23)21(27)26-17(25-15)12-28-14-9-5-2-6-10-14/h11,13-14,24H,1-10,12H2,(H,25,26,27). The predicted octanol–water partition coefficient (Wildman–Crippen LogP) is 5.51. The van der Waals surface area contributed by atoms with Crippen LogP contribution in [-0.4, -0.2) is 21.3 Å². The number of H-pyrrole nitrogens is 1. The fourth-order valence-corrected chi connectivity index (χ4v) is 5.55. The first kappa shape index (κ1) is 19.7. The fraction of sp³-hybridized carbons (Fsp3) is 0.619. The monoisotopic (exact) mass is 407 g/mol. The van der Waals surface area contributed by atoms with Gasteiger partial charge in [-0.25, -0.2) is 13.8 Å². The number of nitrogens with one attached hydrogen (secondary N) is 2. The van der Waals surface area contributed by atoms with Crippen LogP contribution < -0.4 is 10.9 Å². The molecule has 28 heavy (non-hydrogen) atoms. The van der Waals surface area contributed by atoms with Crippen molar-refractivity contribution in [3.05, 3.63) is 33.9 Å². The zero-order valence-electron chi connectivity index (χ0n) is 16.0. The maximum Gasteiger partial charge on any atom is 0.261 e. The number of anilines is 1. The van der Waals surface area contributed by atoms with E-state index in [0.29, 0.717) is 16.8 Å². The SMILES string of the molecule is O=c1[nH]c(CSC2CCCCC2)nc2cc(NC3CCCCC3)c(F)c(F)c12. The number of fused-ring (bicyclic) bond motifs is 1. The molecule has 2 saturated carbocycles. The van der Waals surface area contributed by atoms with Crippen LogP contribution in [0.3, 0.4) is 0 Å².